The van der Waals surface area contributed by atoms with Gasteiger partial charge in [-0.2, -0.15) is 0 Å². The summed E-state index contributed by atoms with van der Waals surface area (Å²) in [7, 11) is 0. The molecule has 0 spiro atoms. The van der Waals surface area contributed by atoms with Crippen LogP contribution in [0.4, 0.5) is 0 Å². The number of piperidine rings is 1. The molecule has 0 amide bonds. The highest BCUT2D eigenvalue weighted by atomic mass is 15.1. The van der Waals surface area contributed by atoms with E-state index in [1.165, 1.54) is 42.6 Å². The maximum Gasteiger partial charge on any atom is 0.0424 e. The lowest BCUT2D eigenvalue weighted by Gasteiger charge is -2.39. The van der Waals surface area contributed by atoms with E-state index in [2.05, 4.69) is 57.7 Å². The van der Waals surface area contributed by atoms with Gasteiger partial charge in [0.25, 0.3) is 0 Å². The van der Waals surface area contributed by atoms with Crippen LogP contribution in [-0.2, 0) is 0 Å². The van der Waals surface area contributed by atoms with Gasteiger partial charge in [-0.25, -0.2) is 0 Å². The second-order valence-corrected chi connectivity index (χ2v) is 7.89. The van der Waals surface area contributed by atoms with Crippen LogP contribution in [0, 0.1) is 25.2 Å². The van der Waals surface area contributed by atoms with Gasteiger partial charge in [0.2, 0.25) is 0 Å². The van der Waals surface area contributed by atoms with Crippen LogP contribution >= 0.6 is 0 Å². The van der Waals surface area contributed by atoms with Crippen molar-refractivity contribution in [1.82, 2.24) is 4.90 Å². The van der Waals surface area contributed by atoms with Crippen molar-refractivity contribution >= 4 is 0 Å². The molecule has 118 valence electrons. The van der Waals surface area contributed by atoms with Crippen molar-refractivity contribution in [2.24, 2.45) is 17.1 Å². The molecule has 0 aliphatic carbocycles. The fraction of sp³-hybridized carbons (Fsp3) is 0.684. The molecule has 0 radical (unpaired) electrons. The number of rotatable bonds is 3. The van der Waals surface area contributed by atoms with Crippen molar-refractivity contribution in [3.63, 3.8) is 0 Å². The molecule has 21 heavy (non-hydrogen) atoms. The summed E-state index contributed by atoms with van der Waals surface area (Å²) >= 11 is 0. The maximum absolute atomic E-state index is 6.42. The average Bonchev–Trinajstić information content (AvgIpc) is 2.41. The highest BCUT2D eigenvalue weighted by Gasteiger charge is 2.29. The van der Waals surface area contributed by atoms with E-state index >= 15 is 0 Å². The number of aryl methyl sites for hydroxylation is 2. The van der Waals surface area contributed by atoms with Gasteiger partial charge in [-0.05, 0) is 67.8 Å². The fourth-order valence-corrected chi connectivity index (χ4v) is 3.36. The summed E-state index contributed by atoms with van der Waals surface area (Å²) in [5.74, 6) is 0.853. The predicted molar refractivity (Wildman–Crippen MR) is 91.5 cm³/mol. The molecule has 2 heteroatoms. The Morgan fingerprint density at radius 1 is 1.14 bits per heavy atom. The molecule has 1 aliphatic heterocycles. The van der Waals surface area contributed by atoms with Crippen LogP contribution < -0.4 is 5.73 Å². The Kier molecular flexibility index (Phi) is 5.11. The number of nitrogens with zero attached hydrogens (tertiary/aromatic N) is 1. The molecule has 1 fully saturated rings. The third-order valence-corrected chi connectivity index (χ3v) is 5.23. The van der Waals surface area contributed by atoms with Crippen molar-refractivity contribution in [1.29, 1.82) is 0 Å². The number of hydrogen-bond donors (Lipinski definition) is 1. The van der Waals surface area contributed by atoms with E-state index in [0.29, 0.717) is 5.41 Å². The first-order chi connectivity index (χ1) is 9.77. The van der Waals surface area contributed by atoms with Crippen LogP contribution in [0.15, 0.2) is 18.2 Å². The van der Waals surface area contributed by atoms with Crippen LogP contribution in [0.3, 0.4) is 0 Å². The highest BCUT2D eigenvalue weighted by molar-refractivity contribution is 5.31. The summed E-state index contributed by atoms with van der Waals surface area (Å²) < 4.78 is 0. The molecule has 0 saturated carbocycles. The van der Waals surface area contributed by atoms with E-state index in [4.69, 9.17) is 5.73 Å². The quantitative estimate of drug-likeness (QED) is 0.908. The van der Waals surface area contributed by atoms with Crippen LogP contribution in [0.2, 0.25) is 0 Å². The van der Waals surface area contributed by atoms with Crippen molar-refractivity contribution in [2.45, 2.75) is 53.5 Å². The molecule has 1 unspecified atom stereocenters. The van der Waals surface area contributed by atoms with Crippen LogP contribution in [0.1, 0.15) is 56.3 Å². The van der Waals surface area contributed by atoms with Gasteiger partial charge in [-0.1, -0.05) is 39.0 Å². The molecule has 2 rings (SSSR count). The smallest absolute Gasteiger partial charge is 0.0424 e. The Morgan fingerprint density at radius 2 is 1.76 bits per heavy atom. The summed E-state index contributed by atoms with van der Waals surface area (Å²) in [6.45, 7) is 14.8. The van der Waals surface area contributed by atoms with Crippen molar-refractivity contribution < 1.29 is 0 Å². The second kappa shape index (κ2) is 6.50. The van der Waals surface area contributed by atoms with Gasteiger partial charge in [-0.15, -0.1) is 0 Å². The SMILES string of the molecule is Cc1ccc(C(N)CN2CCC(C(C)(C)C)CC2)cc1C. The maximum atomic E-state index is 6.42. The van der Waals surface area contributed by atoms with Gasteiger partial charge in [-0.3, -0.25) is 0 Å². The summed E-state index contributed by atoms with van der Waals surface area (Å²) in [5, 5.41) is 0. The largest absolute Gasteiger partial charge is 0.323 e. The van der Waals surface area contributed by atoms with Gasteiger partial charge < -0.3 is 10.6 Å². The van der Waals surface area contributed by atoms with E-state index in [9.17, 15) is 0 Å². The van der Waals surface area contributed by atoms with E-state index in [1.807, 2.05) is 0 Å². The Labute approximate surface area is 130 Å². The number of likely N-dealkylation sites (tertiary alicyclic amines) is 1. The molecule has 0 bridgehead atoms. The third-order valence-electron chi connectivity index (χ3n) is 5.23. The first-order valence-electron chi connectivity index (χ1n) is 8.32. The lowest BCUT2D eigenvalue weighted by molar-refractivity contribution is 0.108. The van der Waals surface area contributed by atoms with E-state index in [1.54, 1.807) is 0 Å². The van der Waals surface area contributed by atoms with Crippen molar-refractivity contribution in [2.75, 3.05) is 19.6 Å². The minimum Gasteiger partial charge on any atom is -0.323 e. The molecule has 1 aliphatic rings. The van der Waals surface area contributed by atoms with E-state index < -0.39 is 0 Å². The topological polar surface area (TPSA) is 29.3 Å². The van der Waals surface area contributed by atoms with Crippen LogP contribution in [0.25, 0.3) is 0 Å². The number of hydrogen-bond acceptors (Lipinski definition) is 2. The normalized spacial score (nSPS) is 19.7. The molecule has 0 aromatic heterocycles. The van der Waals surface area contributed by atoms with Gasteiger partial charge in [0.15, 0.2) is 0 Å². The summed E-state index contributed by atoms with van der Waals surface area (Å²) in [6, 6.07) is 6.77. The molecule has 1 heterocycles. The standard InChI is InChI=1S/C19H32N2/c1-14-6-7-16(12-15(14)2)18(20)13-21-10-8-17(9-11-21)19(3,4)5/h6-7,12,17-18H,8-11,13,20H2,1-5H3. The monoisotopic (exact) mass is 288 g/mol. The zero-order valence-corrected chi connectivity index (χ0v) is 14.4. The Balaban J connectivity index is 1.89. The van der Waals surface area contributed by atoms with Gasteiger partial charge in [0.1, 0.15) is 0 Å². The summed E-state index contributed by atoms with van der Waals surface area (Å²) in [5.41, 5.74) is 10.8. The molecule has 1 atom stereocenters. The second-order valence-electron chi connectivity index (χ2n) is 7.89. The van der Waals surface area contributed by atoms with Gasteiger partial charge in [0.05, 0.1) is 0 Å². The average molecular weight is 288 g/mol. The van der Waals surface area contributed by atoms with Gasteiger partial charge in [0, 0.05) is 12.6 Å². The molecular formula is C19H32N2. The molecule has 2 nitrogen and oxygen atoms in total. The zero-order chi connectivity index (χ0) is 15.6. The van der Waals surface area contributed by atoms with Crippen LogP contribution in [0.5, 0.6) is 0 Å². The number of benzene rings is 1. The van der Waals surface area contributed by atoms with E-state index in [0.717, 1.165) is 12.5 Å². The van der Waals surface area contributed by atoms with E-state index in [-0.39, 0.29) is 6.04 Å². The minimum absolute atomic E-state index is 0.135. The number of nitrogens with two attached hydrogens (primary N) is 1. The summed E-state index contributed by atoms with van der Waals surface area (Å²) in [6.07, 6.45) is 2.62. The summed E-state index contributed by atoms with van der Waals surface area (Å²) in [4.78, 5) is 2.54. The first kappa shape index (κ1) is 16.5. The Bertz CT molecular complexity index is 465. The van der Waals surface area contributed by atoms with Crippen LogP contribution in [-0.4, -0.2) is 24.5 Å². The molecule has 1 aromatic carbocycles. The lowest BCUT2D eigenvalue weighted by Crippen LogP contribution is -2.41. The predicted octanol–water partition coefficient (Wildman–Crippen LogP) is 4.06. The molecule has 1 saturated heterocycles. The lowest BCUT2D eigenvalue weighted by atomic mass is 9.75. The fourth-order valence-electron chi connectivity index (χ4n) is 3.36. The van der Waals surface area contributed by atoms with Crippen molar-refractivity contribution in [3.05, 3.63) is 34.9 Å². The van der Waals surface area contributed by atoms with Crippen molar-refractivity contribution in [3.8, 4) is 0 Å². The first-order valence-corrected chi connectivity index (χ1v) is 8.32. The third kappa shape index (κ3) is 4.31. The molecule has 1 aromatic rings. The highest BCUT2D eigenvalue weighted by Crippen LogP contribution is 2.34. The Hall–Kier alpha value is -0.860. The molecule has 2 N–H and O–H groups in total. The minimum atomic E-state index is 0.135. The molecular weight excluding hydrogens is 256 g/mol. The zero-order valence-electron chi connectivity index (χ0n) is 14.4. The Morgan fingerprint density at radius 3 is 2.29 bits per heavy atom. The van der Waals surface area contributed by atoms with Gasteiger partial charge >= 0.3 is 0 Å².